The highest BCUT2D eigenvalue weighted by molar-refractivity contribution is 8.14. The molecule has 0 bridgehead atoms. The number of alkyl halides is 3. The molecule has 2 aromatic rings. The first-order valence-electron chi connectivity index (χ1n) is 12.6. The van der Waals surface area contributed by atoms with Gasteiger partial charge in [-0.05, 0) is 30.2 Å². The minimum atomic E-state index is -1.88. The highest BCUT2D eigenvalue weighted by Crippen LogP contribution is 2.35. The number of esters is 1. The normalized spacial score (nSPS) is 16.7. The SMILES string of the molecule is C=C(C)C(C(=O)OCc1ccccc1)N1C(=O)C(NC(=O)COc2ccccc2)C1SC(=O)COC(=O)OCC(Cl)(Cl)Cl. The van der Waals surface area contributed by atoms with E-state index >= 15 is 0 Å². The van der Waals surface area contributed by atoms with Gasteiger partial charge in [-0.25, -0.2) is 9.59 Å². The van der Waals surface area contributed by atoms with Crippen LogP contribution in [0.2, 0.25) is 0 Å². The molecule has 1 aliphatic rings. The zero-order chi connectivity index (χ0) is 31.6. The molecule has 230 valence electrons. The molecule has 11 nitrogen and oxygen atoms in total. The number of amides is 2. The van der Waals surface area contributed by atoms with Crippen LogP contribution in [-0.4, -0.2) is 75.0 Å². The van der Waals surface area contributed by atoms with E-state index in [1.54, 1.807) is 54.6 Å². The van der Waals surface area contributed by atoms with E-state index in [4.69, 9.17) is 49.0 Å². The molecule has 1 fully saturated rings. The Morgan fingerprint density at radius 3 is 2.21 bits per heavy atom. The lowest BCUT2D eigenvalue weighted by molar-refractivity contribution is -0.163. The number of benzene rings is 2. The second-order valence-electron chi connectivity index (χ2n) is 9.06. The van der Waals surface area contributed by atoms with Crippen LogP contribution in [0.4, 0.5) is 4.79 Å². The molecule has 0 spiro atoms. The number of carbonyl (C=O) groups is 5. The molecule has 3 unspecified atom stereocenters. The lowest BCUT2D eigenvalue weighted by Crippen LogP contribution is -2.73. The molecule has 0 aromatic heterocycles. The molecule has 3 atom stereocenters. The summed E-state index contributed by atoms with van der Waals surface area (Å²) in [7, 11) is 0. The van der Waals surface area contributed by atoms with Crippen molar-refractivity contribution in [3.8, 4) is 5.75 Å². The number of likely N-dealkylation sites (tertiary alicyclic amines) is 1. The fourth-order valence-electron chi connectivity index (χ4n) is 3.73. The van der Waals surface area contributed by atoms with Crippen LogP contribution in [0.3, 0.4) is 0 Å². The summed E-state index contributed by atoms with van der Waals surface area (Å²) in [5.41, 5.74) is 0.975. The summed E-state index contributed by atoms with van der Waals surface area (Å²) >= 11 is 17.1. The van der Waals surface area contributed by atoms with Gasteiger partial charge in [0.2, 0.25) is 14.8 Å². The Morgan fingerprint density at radius 1 is 0.977 bits per heavy atom. The van der Waals surface area contributed by atoms with E-state index in [0.29, 0.717) is 17.5 Å². The fraction of sp³-hybridized carbons (Fsp3) is 0.321. The fourth-order valence-corrected chi connectivity index (χ4v) is 4.95. The molecule has 1 saturated heterocycles. The van der Waals surface area contributed by atoms with Gasteiger partial charge in [0.1, 0.15) is 30.4 Å². The number of rotatable bonds is 13. The van der Waals surface area contributed by atoms with Crippen LogP contribution in [0.15, 0.2) is 72.8 Å². The number of halogens is 3. The number of nitrogens with zero attached hydrogens (tertiary/aromatic N) is 1. The van der Waals surface area contributed by atoms with Crippen molar-refractivity contribution in [2.45, 2.75) is 34.8 Å². The zero-order valence-corrected chi connectivity index (χ0v) is 25.8. The van der Waals surface area contributed by atoms with Gasteiger partial charge in [-0.3, -0.25) is 14.4 Å². The predicted octanol–water partition coefficient (Wildman–Crippen LogP) is 4.19. The Morgan fingerprint density at radius 2 is 1.60 bits per heavy atom. The first-order chi connectivity index (χ1) is 20.4. The van der Waals surface area contributed by atoms with E-state index < -0.39 is 70.1 Å². The standard InChI is InChI=1S/C28H27Cl3N2O9S/c1-17(2)23(26(37)40-13-18-9-5-3-6-10-18)33-24(36)22(32-20(34)14-39-19-11-7-4-8-12-19)25(33)43-21(35)15-41-27(38)42-16-28(29,30)31/h3-12,22-23,25H,1,13-16H2,2H3,(H,32,34). The van der Waals surface area contributed by atoms with Crippen molar-refractivity contribution >= 4 is 75.6 Å². The van der Waals surface area contributed by atoms with Crippen molar-refractivity contribution in [2.24, 2.45) is 0 Å². The second-order valence-corrected chi connectivity index (χ2v) is 12.7. The van der Waals surface area contributed by atoms with Crippen LogP contribution in [0.1, 0.15) is 12.5 Å². The van der Waals surface area contributed by atoms with Crippen LogP contribution in [0.5, 0.6) is 5.75 Å². The third-order valence-electron chi connectivity index (χ3n) is 5.62. The van der Waals surface area contributed by atoms with Crippen molar-refractivity contribution in [3.63, 3.8) is 0 Å². The summed E-state index contributed by atoms with van der Waals surface area (Å²) in [5.74, 6) is -1.66. The van der Waals surface area contributed by atoms with Gasteiger partial charge in [0.25, 0.3) is 5.91 Å². The van der Waals surface area contributed by atoms with Crippen LogP contribution < -0.4 is 10.1 Å². The lowest BCUT2D eigenvalue weighted by atomic mass is 9.99. The zero-order valence-electron chi connectivity index (χ0n) is 22.7. The molecule has 0 aliphatic carbocycles. The first kappa shape index (κ1) is 34.0. The van der Waals surface area contributed by atoms with Crippen molar-refractivity contribution in [3.05, 3.63) is 78.4 Å². The molecule has 1 N–H and O–H groups in total. The van der Waals surface area contributed by atoms with Gasteiger partial charge in [-0.2, -0.15) is 0 Å². The number of β-lactam (4-membered cyclic amide) rings is 1. The Bertz CT molecular complexity index is 1330. The van der Waals surface area contributed by atoms with Crippen LogP contribution in [-0.2, 0) is 40.0 Å². The van der Waals surface area contributed by atoms with Crippen molar-refractivity contribution in [2.75, 3.05) is 19.8 Å². The molecule has 43 heavy (non-hydrogen) atoms. The molecule has 15 heteroatoms. The Hall–Kier alpha value is -3.45. The molecule has 0 radical (unpaired) electrons. The minimum Gasteiger partial charge on any atom is -0.484 e. The van der Waals surface area contributed by atoms with Gasteiger partial charge in [-0.1, -0.05) is 102 Å². The third kappa shape index (κ3) is 10.6. The summed E-state index contributed by atoms with van der Waals surface area (Å²) < 4.78 is 18.3. The Balaban J connectivity index is 1.70. The summed E-state index contributed by atoms with van der Waals surface area (Å²) in [6.07, 6.45) is -1.27. The maximum absolute atomic E-state index is 13.3. The van der Waals surface area contributed by atoms with Crippen molar-refractivity contribution in [1.82, 2.24) is 10.2 Å². The minimum absolute atomic E-state index is 0.0661. The number of hydrogen-bond donors (Lipinski definition) is 1. The van der Waals surface area contributed by atoms with Gasteiger partial charge in [0.05, 0.1) is 0 Å². The maximum Gasteiger partial charge on any atom is 0.508 e. The number of para-hydroxylation sites is 1. The van der Waals surface area contributed by atoms with Crippen LogP contribution in [0, 0.1) is 0 Å². The predicted molar refractivity (Wildman–Crippen MR) is 160 cm³/mol. The topological polar surface area (TPSA) is 138 Å². The maximum atomic E-state index is 13.3. The smallest absolute Gasteiger partial charge is 0.484 e. The largest absolute Gasteiger partial charge is 0.508 e. The van der Waals surface area contributed by atoms with E-state index in [1.807, 2.05) is 6.07 Å². The highest BCUT2D eigenvalue weighted by atomic mass is 35.6. The number of carbonyl (C=O) groups excluding carboxylic acids is 5. The van der Waals surface area contributed by atoms with Crippen molar-refractivity contribution in [1.29, 1.82) is 0 Å². The molecule has 1 heterocycles. The summed E-state index contributed by atoms with van der Waals surface area (Å²) in [6, 6.07) is 14.9. The van der Waals surface area contributed by atoms with E-state index in [2.05, 4.69) is 16.6 Å². The summed E-state index contributed by atoms with van der Waals surface area (Å²) in [4.78, 5) is 64.7. The average molecular weight is 674 g/mol. The summed E-state index contributed by atoms with van der Waals surface area (Å²) in [6.45, 7) is 3.46. The Kier molecular flexibility index (Phi) is 12.6. The molecule has 1 aliphatic heterocycles. The molecular weight excluding hydrogens is 647 g/mol. The van der Waals surface area contributed by atoms with Gasteiger partial charge < -0.3 is 29.2 Å². The van der Waals surface area contributed by atoms with Crippen LogP contribution in [0.25, 0.3) is 0 Å². The number of nitrogens with one attached hydrogen (secondary N) is 1. The molecule has 2 aromatic carbocycles. The van der Waals surface area contributed by atoms with Crippen LogP contribution >= 0.6 is 46.6 Å². The van der Waals surface area contributed by atoms with E-state index in [9.17, 15) is 24.0 Å². The van der Waals surface area contributed by atoms with Gasteiger partial charge >= 0.3 is 12.1 Å². The first-order valence-corrected chi connectivity index (χ1v) is 14.6. The van der Waals surface area contributed by atoms with E-state index in [1.165, 1.54) is 6.92 Å². The average Bonchev–Trinajstić information content (AvgIpc) is 2.98. The second kappa shape index (κ2) is 15.9. The Labute approximate surface area is 266 Å². The lowest BCUT2D eigenvalue weighted by Gasteiger charge is -2.49. The van der Waals surface area contributed by atoms with Gasteiger partial charge in [-0.15, -0.1) is 0 Å². The number of thioether (sulfide) groups is 1. The van der Waals surface area contributed by atoms with E-state index in [-0.39, 0.29) is 12.2 Å². The highest BCUT2D eigenvalue weighted by Gasteiger charge is 2.54. The quantitative estimate of drug-likeness (QED) is 0.143. The monoisotopic (exact) mass is 672 g/mol. The molecule has 0 saturated carbocycles. The molecule has 3 rings (SSSR count). The molecular formula is C28H27Cl3N2O9S. The molecule has 2 amide bonds. The van der Waals surface area contributed by atoms with E-state index in [0.717, 1.165) is 10.5 Å². The van der Waals surface area contributed by atoms with Gasteiger partial charge in [0.15, 0.2) is 19.3 Å². The third-order valence-corrected chi connectivity index (χ3v) is 7.06. The number of hydrogen-bond acceptors (Lipinski definition) is 10. The van der Waals surface area contributed by atoms with Crippen molar-refractivity contribution < 1.29 is 42.9 Å². The summed E-state index contributed by atoms with van der Waals surface area (Å²) in [5, 5.41) is 0.707. The van der Waals surface area contributed by atoms with Gasteiger partial charge in [0, 0.05) is 0 Å². The number of ether oxygens (including phenoxy) is 4.